The molecule has 0 aliphatic heterocycles. The molecule has 0 heterocycles. The predicted octanol–water partition coefficient (Wildman–Crippen LogP) is 4.59. The summed E-state index contributed by atoms with van der Waals surface area (Å²) in [5.74, 6) is 0.0325. The Morgan fingerprint density at radius 3 is 1.12 bits per heavy atom. The van der Waals surface area contributed by atoms with Gasteiger partial charge in [-0.3, -0.25) is 0 Å². The summed E-state index contributed by atoms with van der Waals surface area (Å²) in [5, 5.41) is 2.63. The van der Waals surface area contributed by atoms with Crippen LogP contribution in [-0.4, -0.2) is 208 Å². The number of benzene rings is 2. The molecule has 0 radical (unpaired) electrons. The van der Waals surface area contributed by atoms with Gasteiger partial charge in [-0.15, -0.1) is 0 Å². The maximum absolute atomic E-state index is 12.6. The van der Waals surface area contributed by atoms with E-state index >= 15 is 0 Å². The zero-order chi connectivity index (χ0) is 46.5. The molecule has 65 heavy (non-hydrogen) atoms. The Morgan fingerprint density at radius 2 is 0.785 bits per heavy atom. The third-order valence-corrected chi connectivity index (χ3v) is 9.23. The summed E-state index contributed by atoms with van der Waals surface area (Å²) < 4.78 is 76.9. The number of fused-ring (bicyclic) bond motifs is 3. The van der Waals surface area contributed by atoms with E-state index in [4.69, 9.17) is 66.3 Å². The van der Waals surface area contributed by atoms with Crippen LogP contribution in [0.4, 0.5) is 9.59 Å². The largest absolute Gasteiger partial charge is 0.448 e. The van der Waals surface area contributed by atoms with Crippen molar-refractivity contribution in [3.63, 3.8) is 0 Å². The van der Waals surface area contributed by atoms with Crippen LogP contribution >= 0.6 is 0 Å². The van der Waals surface area contributed by atoms with Gasteiger partial charge in [0.25, 0.3) is 0 Å². The Balaban J connectivity index is 0.928. The maximum Gasteiger partial charge on any atom is 0.409 e. The Bertz CT molecular complexity index is 1450. The van der Waals surface area contributed by atoms with Gasteiger partial charge in [-0.2, -0.15) is 0 Å². The Morgan fingerprint density at radius 1 is 0.477 bits per heavy atom. The van der Waals surface area contributed by atoms with Crippen LogP contribution in [0.2, 0.25) is 0 Å². The van der Waals surface area contributed by atoms with E-state index in [1.807, 2.05) is 45.0 Å². The lowest BCUT2D eigenvalue weighted by Gasteiger charge is -2.19. The third-order valence-electron chi connectivity index (χ3n) is 9.23. The minimum absolute atomic E-state index is 0.0325. The molecule has 18 heteroatoms. The van der Waals surface area contributed by atoms with Gasteiger partial charge in [-0.05, 0) is 43.0 Å². The number of hydrogen-bond acceptors (Lipinski definition) is 16. The number of nitrogens with zero attached hydrogens (tertiary/aromatic N) is 1. The van der Waals surface area contributed by atoms with Crippen molar-refractivity contribution in [2.45, 2.75) is 32.3 Å². The highest BCUT2D eigenvalue weighted by Crippen LogP contribution is 2.44. The maximum atomic E-state index is 12.6. The molecule has 2 aromatic rings. The molecule has 0 atom stereocenters. The second kappa shape index (κ2) is 36.6. The van der Waals surface area contributed by atoms with E-state index in [0.717, 1.165) is 0 Å². The van der Waals surface area contributed by atoms with Crippen molar-refractivity contribution in [3.8, 4) is 11.1 Å². The highest BCUT2D eigenvalue weighted by molar-refractivity contribution is 5.79. The van der Waals surface area contributed by atoms with E-state index in [1.165, 1.54) is 27.2 Å². The molecule has 0 unspecified atom stereocenters. The normalized spacial score (nSPS) is 12.3. The van der Waals surface area contributed by atoms with Crippen LogP contribution < -0.4 is 5.32 Å². The fourth-order valence-corrected chi connectivity index (χ4v) is 6.06. The predicted molar refractivity (Wildman–Crippen MR) is 242 cm³/mol. The van der Waals surface area contributed by atoms with Gasteiger partial charge >= 0.3 is 12.2 Å². The average Bonchev–Trinajstić information content (AvgIpc) is 3.61. The molecule has 0 aromatic heterocycles. The highest BCUT2D eigenvalue weighted by Gasteiger charge is 2.29. The fraction of sp³-hybridized carbons (Fsp3) is 0.702. The Labute approximate surface area is 385 Å². The molecule has 1 N–H and O–H groups in total. The van der Waals surface area contributed by atoms with E-state index in [2.05, 4.69) is 29.6 Å². The van der Waals surface area contributed by atoms with Crippen molar-refractivity contribution < 1.29 is 75.9 Å². The fourth-order valence-electron chi connectivity index (χ4n) is 6.06. The molecule has 3 rings (SSSR count). The zero-order valence-electron chi connectivity index (χ0n) is 39.3. The molecule has 18 nitrogen and oxygen atoms in total. The lowest BCUT2D eigenvalue weighted by atomic mass is 9.98. The summed E-state index contributed by atoms with van der Waals surface area (Å²) in [6.45, 7) is 17.6. The number of alkyl carbamates (subject to hydrolysis) is 1. The first-order chi connectivity index (χ1) is 31.8. The smallest absolute Gasteiger partial charge is 0.409 e. The third kappa shape index (κ3) is 27.7. The van der Waals surface area contributed by atoms with E-state index in [1.54, 1.807) is 7.05 Å². The van der Waals surface area contributed by atoms with Crippen LogP contribution in [-0.2, 0) is 66.3 Å². The second-order valence-electron chi connectivity index (χ2n) is 15.5. The number of carbonyl (C=O) groups is 2. The average molecular weight is 925 g/mol. The number of hydrogen-bond donors (Lipinski definition) is 1. The Kier molecular flexibility index (Phi) is 31.4. The van der Waals surface area contributed by atoms with Crippen molar-refractivity contribution in [1.29, 1.82) is 0 Å². The summed E-state index contributed by atoms with van der Waals surface area (Å²) in [7, 11) is 1.71. The van der Waals surface area contributed by atoms with Crippen molar-refractivity contribution in [3.05, 3.63) is 59.7 Å². The molecule has 370 valence electrons. The molecular weight excluding hydrogens is 849 g/mol. The summed E-state index contributed by atoms with van der Waals surface area (Å²) >= 11 is 0. The van der Waals surface area contributed by atoms with E-state index in [-0.39, 0.29) is 12.0 Å². The van der Waals surface area contributed by atoms with Gasteiger partial charge in [0.15, 0.2) is 0 Å². The first-order valence-electron chi connectivity index (χ1n) is 22.7. The zero-order valence-corrected chi connectivity index (χ0v) is 39.3. The van der Waals surface area contributed by atoms with Gasteiger partial charge < -0.3 is 76.5 Å². The van der Waals surface area contributed by atoms with Crippen molar-refractivity contribution in [2.75, 3.05) is 185 Å². The first-order valence-corrected chi connectivity index (χ1v) is 22.7. The number of carbonyl (C=O) groups excluding carboxylic acids is 2. The van der Waals surface area contributed by atoms with Gasteiger partial charge in [-0.1, -0.05) is 48.5 Å². The van der Waals surface area contributed by atoms with Gasteiger partial charge in [-0.25, -0.2) is 9.59 Å². The molecule has 0 spiro atoms. The molecule has 1 aliphatic carbocycles. The molecule has 0 bridgehead atoms. The van der Waals surface area contributed by atoms with Gasteiger partial charge in [0.2, 0.25) is 0 Å². The second-order valence-corrected chi connectivity index (χ2v) is 15.5. The minimum atomic E-state index is -0.519. The Hall–Kier alpha value is -3.50. The van der Waals surface area contributed by atoms with Crippen LogP contribution in [0.25, 0.3) is 11.1 Å². The minimum Gasteiger partial charge on any atom is -0.448 e. The molecule has 0 fully saturated rings. The van der Waals surface area contributed by atoms with Crippen LogP contribution in [0.3, 0.4) is 0 Å². The highest BCUT2D eigenvalue weighted by atomic mass is 16.6. The van der Waals surface area contributed by atoms with Gasteiger partial charge in [0.05, 0.1) is 159 Å². The van der Waals surface area contributed by atoms with Crippen LogP contribution in [0, 0.1) is 0 Å². The quantitative estimate of drug-likeness (QED) is 0.0915. The lowest BCUT2D eigenvalue weighted by Crippen LogP contribution is -2.34. The lowest BCUT2D eigenvalue weighted by molar-refractivity contribution is -0.0284. The summed E-state index contributed by atoms with van der Waals surface area (Å²) in [6, 6.07) is 16.6. The van der Waals surface area contributed by atoms with Gasteiger partial charge in [0, 0.05) is 26.1 Å². The van der Waals surface area contributed by atoms with Crippen molar-refractivity contribution in [1.82, 2.24) is 10.2 Å². The number of nitrogens with one attached hydrogen (secondary N) is 1. The van der Waals surface area contributed by atoms with E-state index in [0.29, 0.717) is 178 Å². The molecular formula is C47H76N2O16. The van der Waals surface area contributed by atoms with Crippen LogP contribution in [0.5, 0.6) is 0 Å². The molecule has 2 amide bonds. The summed E-state index contributed by atoms with van der Waals surface area (Å²) in [4.78, 5) is 25.7. The topological polar surface area (TPSA) is 179 Å². The first kappa shape index (κ1) is 55.8. The standard InChI is InChI=1S/C47H76N2O16/c1-47(2,3)65-45(50)48-13-15-52-17-19-54-21-23-56-25-27-58-29-31-60-33-35-62-37-38-63-36-34-61-32-30-59-28-26-57-24-22-55-20-18-53-16-14-49(4)46(51)64-39-44-42-11-7-5-9-40(42)41-10-6-8-12-43(41)44/h5-12,44H,13-39H2,1-4H3,(H,48,50). The monoisotopic (exact) mass is 925 g/mol. The van der Waals surface area contributed by atoms with Crippen LogP contribution in [0.1, 0.15) is 37.8 Å². The molecule has 1 aliphatic rings. The van der Waals surface area contributed by atoms with E-state index in [9.17, 15) is 9.59 Å². The SMILES string of the molecule is CN(CCOCCOCCOCCOCCOCCOCCOCCOCCOCCOCCOCCOCCNC(=O)OC(C)(C)C)C(=O)OCC1c2ccccc2-c2ccccc21. The number of likely N-dealkylation sites (N-methyl/N-ethyl adjacent to an activating group) is 1. The number of ether oxygens (including phenoxy) is 14. The molecule has 2 aromatic carbocycles. The number of amides is 2. The molecule has 0 saturated carbocycles. The van der Waals surface area contributed by atoms with E-state index < -0.39 is 11.7 Å². The van der Waals surface area contributed by atoms with Crippen molar-refractivity contribution in [2.24, 2.45) is 0 Å². The van der Waals surface area contributed by atoms with Crippen molar-refractivity contribution >= 4 is 12.2 Å². The summed E-state index contributed by atoms with van der Waals surface area (Å²) in [6.07, 6.45) is -0.826. The van der Waals surface area contributed by atoms with Crippen LogP contribution in [0.15, 0.2) is 48.5 Å². The van der Waals surface area contributed by atoms with Gasteiger partial charge in [0.1, 0.15) is 12.2 Å². The molecule has 0 saturated heterocycles. The summed E-state index contributed by atoms with van der Waals surface area (Å²) in [5.41, 5.74) is 4.26. The number of rotatable bonds is 41.